The van der Waals surface area contributed by atoms with Gasteiger partial charge in [0, 0.05) is 6.42 Å². The molecule has 3 aromatic carbocycles. The summed E-state index contributed by atoms with van der Waals surface area (Å²) in [6.45, 7) is 0.313. The van der Waals surface area contributed by atoms with E-state index in [-0.39, 0.29) is 0 Å². The Labute approximate surface area is 152 Å². The molecule has 0 saturated carbocycles. The molecule has 0 heterocycles. The van der Waals surface area contributed by atoms with Crippen molar-refractivity contribution in [2.45, 2.75) is 6.42 Å². The molecule has 0 bridgehead atoms. The number of hydrogen-bond donors (Lipinski definition) is 0. The van der Waals surface area contributed by atoms with E-state index in [4.69, 9.17) is 9.47 Å². The van der Waals surface area contributed by atoms with Gasteiger partial charge in [-0.1, -0.05) is 48.5 Å². The molecule has 3 rings (SSSR count). The highest BCUT2D eigenvalue weighted by Gasteiger charge is 2.10. The Morgan fingerprint density at radius 2 is 1.23 bits per heavy atom. The predicted octanol–water partition coefficient (Wildman–Crippen LogP) is 4.31. The van der Waals surface area contributed by atoms with Crippen molar-refractivity contribution >= 4 is 11.9 Å². The van der Waals surface area contributed by atoms with E-state index in [2.05, 4.69) is 0 Å². The third kappa shape index (κ3) is 4.80. The topological polar surface area (TPSA) is 52.6 Å². The third-order valence-electron chi connectivity index (χ3n) is 3.78. The highest BCUT2D eigenvalue weighted by molar-refractivity contribution is 5.91. The summed E-state index contributed by atoms with van der Waals surface area (Å²) >= 11 is 0. The molecular weight excluding hydrogens is 328 g/mol. The summed E-state index contributed by atoms with van der Waals surface area (Å²) in [6, 6.07) is 24.9. The molecule has 0 amide bonds. The second-order valence-electron chi connectivity index (χ2n) is 5.65. The summed E-state index contributed by atoms with van der Waals surface area (Å²) in [5, 5.41) is 0. The Balaban J connectivity index is 1.52. The van der Waals surface area contributed by atoms with Gasteiger partial charge in [-0.3, -0.25) is 0 Å². The number of carbonyl (C=O) groups excluding carboxylic acids is 2. The zero-order valence-electron chi connectivity index (χ0n) is 14.1. The van der Waals surface area contributed by atoms with E-state index in [0.29, 0.717) is 29.9 Å². The van der Waals surface area contributed by atoms with Crippen molar-refractivity contribution in [2.75, 3.05) is 6.61 Å². The zero-order chi connectivity index (χ0) is 18.2. The quantitative estimate of drug-likeness (QED) is 0.493. The van der Waals surface area contributed by atoms with Crippen molar-refractivity contribution in [1.82, 2.24) is 0 Å². The Morgan fingerprint density at radius 1 is 0.654 bits per heavy atom. The molecule has 26 heavy (non-hydrogen) atoms. The van der Waals surface area contributed by atoms with Crippen molar-refractivity contribution in [3.05, 3.63) is 102 Å². The lowest BCUT2D eigenvalue weighted by molar-refractivity contribution is 0.0509. The molecule has 4 nitrogen and oxygen atoms in total. The molecule has 0 N–H and O–H groups in total. The van der Waals surface area contributed by atoms with Crippen LogP contribution in [0, 0.1) is 0 Å². The van der Waals surface area contributed by atoms with Gasteiger partial charge in [-0.05, 0) is 42.0 Å². The van der Waals surface area contributed by atoms with Crippen molar-refractivity contribution in [3.8, 4) is 5.75 Å². The first-order chi connectivity index (χ1) is 12.7. The number of ether oxygens (including phenoxy) is 2. The maximum absolute atomic E-state index is 12.1. The molecular formula is C22H18O4. The Bertz CT molecular complexity index is 856. The lowest BCUT2D eigenvalue weighted by Crippen LogP contribution is -2.10. The lowest BCUT2D eigenvalue weighted by Gasteiger charge is -2.07. The largest absolute Gasteiger partial charge is 0.462 e. The molecule has 0 aliphatic carbocycles. The Morgan fingerprint density at radius 3 is 1.88 bits per heavy atom. The van der Waals surface area contributed by atoms with E-state index in [1.807, 2.05) is 36.4 Å². The smallest absolute Gasteiger partial charge is 0.343 e. The molecule has 3 aromatic rings. The van der Waals surface area contributed by atoms with Crippen LogP contribution in [0.3, 0.4) is 0 Å². The van der Waals surface area contributed by atoms with Crippen LogP contribution < -0.4 is 4.74 Å². The molecule has 0 atom stereocenters. The standard InChI is InChI=1S/C22H18O4/c23-21(25-16-15-17-7-3-1-4-8-17)19-11-13-20(14-12-19)26-22(24)18-9-5-2-6-10-18/h1-14H,15-16H2. The summed E-state index contributed by atoms with van der Waals surface area (Å²) in [5.74, 6) is -0.467. The molecule has 0 aliphatic rings. The number of rotatable bonds is 6. The minimum atomic E-state index is -0.441. The van der Waals surface area contributed by atoms with Gasteiger partial charge in [0.2, 0.25) is 0 Å². The SMILES string of the molecule is O=C(OCCc1ccccc1)c1ccc(OC(=O)c2ccccc2)cc1. The van der Waals surface area contributed by atoms with E-state index < -0.39 is 11.9 Å². The van der Waals surface area contributed by atoms with Gasteiger partial charge in [0.15, 0.2) is 0 Å². The number of carbonyl (C=O) groups is 2. The first-order valence-electron chi connectivity index (χ1n) is 8.31. The van der Waals surface area contributed by atoms with Crippen LogP contribution in [0.2, 0.25) is 0 Å². The maximum Gasteiger partial charge on any atom is 0.343 e. The molecule has 130 valence electrons. The van der Waals surface area contributed by atoms with Crippen LogP contribution in [0.25, 0.3) is 0 Å². The van der Waals surface area contributed by atoms with Crippen LogP contribution in [0.15, 0.2) is 84.9 Å². The summed E-state index contributed by atoms with van der Waals surface area (Å²) < 4.78 is 10.6. The molecule has 0 saturated heterocycles. The van der Waals surface area contributed by atoms with E-state index in [1.165, 1.54) is 0 Å². The maximum atomic E-state index is 12.1. The lowest BCUT2D eigenvalue weighted by atomic mass is 10.2. The van der Waals surface area contributed by atoms with Gasteiger partial charge in [0.05, 0.1) is 17.7 Å². The van der Waals surface area contributed by atoms with E-state index in [0.717, 1.165) is 5.56 Å². The van der Waals surface area contributed by atoms with Gasteiger partial charge < -0.3 is 9.47 Å². The van der Waals surface area contributed by atoms with Crippen LogP contribution in [-0.2, 0) is 11.2 Å². The van der Waals surface area contributed by atoms with Gasteiger partial charge in [-0.2, -0.15) is 0 Å². The fraction of sp³-hybridized carbons (Fsp3) is 0.0909. The van der Waals surface area contributed by atoms with Crippen LogP contribution in [0.5, 0.6) is 5.75 Å². The average molecular weight is 346 g/mol. The molecule has 0 unspecified atom stereocenters. The second-order valence-corrected chi connectivity index (χ2v) is 5.65. The monoisotopic (exact) mass is 346 g/mol. The van der Waals surface area contributed by atoms with Gasteiger partial charge in [0.1, 0.15) is 5.75 Å². The summed E-state index contributed by atoms with van der Waals surface area (Å²) in [5.41, 5.74) is 2.00. The number of esters is 2. The fourth-order valence-corrected chi connectivity index (χ4v) is 2.39. The van der Waals surface area contributed by atoms with Crippen LogP contribution in [0.4, 0.5) is 0 Å². The summed E-state index contributed by atoms with van der Waals surface area (Å²) in [6.07, 6.45) is 0.666. The first kappa shape index (κ1) is 17.4. The average Bonchev–Trinajstić information content (AvgIpc) is 2.70. The van der Waals surface area contributed by atoms with Crippen molar-refractivity contribution in [2.24, 2.45) is 0 Å². The summed E-state index contributed by atoms with van der Waals surface area (Å²) in [7, 11) is 0. The van der Waals surface area contributed by atoms with Gasteiger partial charge in [0.25, 0.3) is 0 Å². The molecule has 0 spiro atoms. The molecule has 0 aromatic heterocycles. The second kappa shape index (κ2) is 8.62. The van der Waals surface area contributed by atoms with Gasteiger partial charge in [-0.25, -0.2) is 9.59 Å². The number of hydrogen-bond acceptors (Lipinski definition) is 4. The summed E-state index contributed by atoms with van der Waals surface area (Å²) in [4.78, 5) is 24.1. The molecule has 0 fully saturated rings. The van der Waals surface area contributed by atoms with E-state index in [9.17, 15) is 9.59 Å². The normalized spacial score (nSPS) is 10.2. The van der Waals surface area contributed by atoms with Crippen LogP contribution >= 0.6 is 0 Å². The number of benzene rings is 3. The van der Waals surface area contributed by atoms with Crippen molar-refractivity contribution < 1.29 is 19.1 Å². The Kier molecular flexibility index (Phi) is 5.78. The Hall–Kier alpha value is -3.40. The van der Waals surface area contributed by atoms with E-state index in [1.54, 1.807) is 48.5 Å². The first-order valence-corrected chi connectivity index (χ1v) is 8.31. The van der Waals surface area contributed by atoms with Crippen molar-refractivity contribution in [1.29, 1.82) is 0 Å². The minimum absolute atomic E-state index is 0.313. The highest BCUT2D eigenvalue weighted by Crippen LogP contribution is 2.15. The molecule has 4 heteroatoms. The third-order valence-corrected chi connectivity index (χ3v) is 3.78. The highest BCUT2D eigenvalue weighted by atomic mass is 16.5. The van der Waals surface area contributed by atoms with Gasteiger partial charge >= 0.3 is 11.9 Å². The zero-order valence-corrected chi connectivity index (χ0v) is 14.1. The van der Waals surface area contributed by atoms with Crippen molar-refractivity contribution in [3.63, 3.8) is 0 Å². The van der Waals surface area contributed by atoms with Gasteiger partial charge in [-0.15, -0.1) is 0 Å². The van der Waals surface area contributed by atoms with Crippen LogP contribution in [-0.4, -0.2) is 18.5 Å². The predicted molar refractivity (Wildman–Crippen MR) is 98.3 cm³/mol. The minimum Gasteiger partial charge on any atom is -0.462 e. The van der Waals surface area contributed by atoms with Crippen LogP contribution in [0.1, 0.15) is 26.3 Å². The van der Waals surface area contributed by atoms with E-state index >= 15 is 0 Å². The molecule has 0 aliphatic heterocycles. The fourth-order valence-electron chi connectivity index (χ4n) is 2.39. The molecule has 0 radical (unpaired) electrons.